The first kappa shape index (κ1) is 14.4. The molecule has 0 radical (unpaired) electrons. The summed E-state index contributed by atoms with van der Waals surface area (Å²) in [5.41, 5.74) is 0. The Morgan fingerprint density at radius 1 is 1.27 bits per heavy atom. The van der Waals surface area contributed by atoms with Crippen LogP contribution in [-0.4, -0.2) is 41.8 Å². The van der Waals surface area contributed by atoms with E-state index < -0.39 is 6.23 Å². The fourth-order valence-corrected chi connectivity index (χ4v) is 1.53. The topological polar surface area (TPSA) is 52.6 Å². The molecule has 0 aromatic heterocycles. The van der Waals surface area contributed by atoms with Crippen LogP contribution < -0.4 is 5.32 Å². The molecule has 0 aliphatic carbocycles. The number of carbonyl (C=O) groups excluding carboxylic acids is 1. The molecule has 0 aromatic carbocycles. The van der Waals surface area contributed by atoms with Crippen LogP contribution in [0.1, 0.15) is 40.0 Å². The van der Waals surface area contributed by atoms with E-state index in [1.54, 1.807) is 6.92 Å². The fourth-order valence-electron chi connectivity index (χ4n) is 1.53. The molecule has 1 atom stereocenters. The van der Waals surface area contributed by atoms with Crippen molar-refractivity contribution < 1.29 is 9.90 Å². The van der Waals surface area contributed by atoms with Crippen molar-refractivity contribution in [2.45, 2.75) is 46.3 Å². The van der Waals surface area contributed by atoms with Crippen molar-refractivity contribution >= 4 is 5.91 Å². The van der Waals surface area contributed by atoms with Gasteiger partial charge in [-0.3, -0.25) is 4.79 Å². The predicted molar refractivity (Wildman–Crippen MR) is 61.5 cm³/mol. The van der Waals surface area contributed by atoms with E-state index in [-0.39, 0.29) is 5.91 Å². The van der Waals surface area contributed by atoms with Crippen molar-refractivity contribution in [2.75, 3.05) is 19.6 Å². The van der Waals surface area contributed by atoms with E-state index in [1.807, 2.05) is 0 Å². The van der Waals surface area contributed by atoms with Crippen LogP contribution in [0.2, 0.25) is 0 Å². The Morgan fingerprint density at radius 3 is 2.20 bits per heavy atom. The van der Waals surface area contributed by atoms with Gasteiger partial charge < -0.3 is 15.3 Å². The highest BCUT2D eigenvalue weighted by Gasteiger charge is 2.07. The van der Waals surface area contributed by atoms with Gasteiger partial charge in [0.25, 0.3) is 0 Å². The zero-order valence-electron chi connectivity index (χ0n) is 10.1. The molecule has 15 heavy (non-hydrogen) atoms. The molecular weight excluding hydrogens is 192 g/mol. The van der Waals surface area contributed by atoms with Gasteiger partial charge in [0.15, 0.2) is 0 Å². The molecule has 90 valence electrons. The summed E-state index contributed by atoms with van der Waals surface area (Å²) in [5.74, 6) is -0.0813. The lowest BCUT2D eigenvalue weighted by molar-refractivity contribution is -0.124. The first-order valence-corrected chi connectivity index (χ1v) is 5.79. The molecule has 0 saturated heterocycles. The minimum Gasteiger partial charge on any atom is -0.374 e. The third-order valence-corrected chi connectivity index (χ3v) is 2.10. The number of carbonyl (C=O) groups is 1. The molecule has 1 unspecified atom stereocenters. The van der Waals surface area contributed by atoms with E-state index in [0.717, 1.165) is 32.5 Å². The molecule has 4 nitrogen and oxygen atoms in total. The maximum absolute atomic E-state index is 11.3. The predicted octanol–water partition coefficient (Wildman–Crippen LogP) is 0.953. The summed E-state index contributed by atoms with van der Waals surface area (Å²) in [7, 11) is 0. The molecule has 4 heteroatoms. The zero-order chi connectivity index (χ0) is 11.7. The third-order valence-electron chi connectivity index (χ3n) is 2.10. The molecule has 0 aromatic rings. The minimum absolute atomic E-state index is 0.0813. The van der Waals surface area contributed by atoms with E-state index in [9.17, 15) is 4.79 Å². The van der Waals surface area contributed by atoms with E-state index in [1.165, 1.54) is 0 Å². The summed E-state index contributed by atoms with van der Waals surface area (Å²) in [6.45, 7) is 8.68. The van der Waals surface area contributed by atoms with E-state index >= 15 is 0 Å². The van der Waals surface area contributed by atoms with Crippen LogP contribution in [0.25, 0.3) is 0 Å². The molecule has 0 saturated carbocycles. The van der Waals surface area contributed by atoms with Crippen molar-refractivity contribution in [1.82, 2.24) is 10.2 Å². The number of aliphatic hydroxyl groups excluding tert-OH is 1. The average molecular weight is 216 g/mol. The molecule has 0 spiro atoms. The number of aliphatic hydroxyl groups is 1. The SMILES string of the molecule is CCCN(CCC)CCC(=O)NC(C)O. The molecule has 0 bridgehead atoms. The second-order valence-corrected chi connectivity index (χ2v) is 3.84. The second-order valence-electron chi connectivity index (χ2n) is 3.84. The molecule has 2 N–H and O–H groups in total. The molecule has 0 aliphatic heterocycles. The maximum atomic E-state index is 11.3. The van der Waals surface area contributed by atoms with Crippen LogP contribution in [0.3, 0.4) is 0 Å². The van der Waals surface area contributed by atoms with Gasteiger partial charge in [0.05, 0.1) is 0 Å². The lowest BCUT2D eigenvalue weighted by Gasteiger charge is -2.20. The highest BCUT2D eigenvalue weighted by Crippen LogP contribution is 1.96. The first-order chi connectivity index (χ1) is 7.10. The second kappa shape index (κ2) is 8.68. The van der Waals surface area contributed by atoms with Gasteiger partial charge in [0.1, 0.15) is 6.23 Å². The van der Waals surface area contributed by atoms with Crippen LogP contribution in [0.5, 0.6) is 0 Å². The highest BCUT2D eigenvalue weighted by atomic mass is 16.3. The molecule has 0 fully saturated rings. The van der Waals surface area contributed by atoms with Gasteiger partial charge in [-0.1, -0.05) is 13.8 Å². The van der Waals surface area contributed by atoms with Gasteiger partial charge in [0, 0.05) is 13.0 Å². The fraction of sp³-hybridized carbons (Fsp3) is 0.909. The quantitative estimate of drug-likeness (QED) is 0.594. The number of nitrogens with zero attached hydrogens (tertiary/aromatic N) is 1. The summed E-state index contributed by atoms with van der Waals surface area (Å²) in [6.07, 6.45) is 1.93. The van der Waals surface area contributed by atoms with Crippen molar-refractivity contribution in [2.24, 2.45) is 0 Å². The van der Waals surface area contributed by atoms with Crippen LogP contribution in [0.4, 0.5) is 0 Å². The van der Waals surface area contributed by atoms with Gasteiger partial charge in [-0.15, -0.1) is 0 Å². The van der Waals surface area contributed by atoms with Gasteiger partial charge in [-0.25, -0.2) is 0 Å². The molecule has 1 amide bonds. The molecular formula is C11H24N2O2. The van der Waals surface area contributed by atoms with Crippen molar-refractivity contribution in [1.29, 1.82) is 0 Å². The van der Waals surface area contributed by atoms with Gasteiger partial charge in [0.2, 0.25) is 5.91 Å². The summed E-state index contributed by atoms with van der Waals surface area (Å²) < 4.78 is 0. The normalized spacial score (nSPS) is 12.9. The van der Waals surface area contributed by atoms with Crippen molar-refractivity contribution in [3.63, 3.8) is 0 Å². The highest BCUT2D eigenvalue weighted by molar-refractivity contribution is 5.76. The number of rotatable bonds is 8. The number of hydrogen-bond donors (Lipinski definition) is 2. The van der Waals surface area contributed by atoms with Crippen LogP contribution in [0.15, 0.2) is 0 Å². The van der Waals surface area contributed by atoms with Crippen LogP contribution in [-0.2, 0) is 4.79 Å². The Bertz CT molecular complexity index is 166. The summed E-state index contributed by atoms with van der Waals surface area (Å²) in [5, 5.41) is 11.4. The van der Waals surface area contributed by atoms with Gasteiger partial charge >= 0.3 is 0 Å². The zero-order valence-corrected chi connectivity index (χ0v) is 10.1. The summed E-state index contributed by atoms with van der Waals surface area (Å²) in [6, 6.07) is 0. The lowest BCUT2D eigenvalue weighted by atomic mass is 10.3. The van der Waals surface area contributed by atoms with Gasteiger partial charge in [-0.2, -0.15) is 0 Å². The number of nitrogens with one attached hydrogen (secondary N) is 1. The van der Waals surface area contributed by atoms with E-state index in [2.05, 4.69) is 24.1 Å². The number of amides is 1. The summed E-state index contributed by atoms with van der Waals surface area (Å²) in [4.78, 5) is 13.5. The van der Waals surface area contributed by atoms with Crippen molar-refractivity contribution in [3.8, 4) is 0 Å². The van der Waals surface area contributed by atoms with Crippen LogP contribution in [0, 0.1) is 0 Å². The number of hydrogen-bond acceptors (Lipinski definition) is 3. The Morgan fingerprint density at radius 2 is 1.80 bits per heavy atom. The smallest absolute Gasteiger partial charge is 0.223 e. The monoisotopic (exact) mass is 216 g/mol. The Labute approximate surface area is 92.7 Å². The largest absolute Gasteiger partial charge is 0.374 e. The van der Waals surface area contributed by atoms with Crippen molar-refractivity contribution in [3.05, 3.63) is 0 Å². The molecule has 0 heterocycles. The van der Waals surface area contributed by atoms with E-state index in [0.29, 0.717) is 6.42 Å². The Balaban J connectivity index is 3.72. The van der Waals surface area contributed by atoms with Crippen LogP contribution >= 0.6 is 0 Å². The average Bonchev–Trinajstić information content (AvgIpc) is 2.14. The minimum atomic E-state index is -0.747. The van der Waals surface area contributed by atoms with E-state index in [4.69, 9.17) is 5.11 Å². The first-order valence-electron chi connectivity index (χ1n) is 5.79. The Hall–Kier alpha value is -0.610. The Kier molecular flexibility index (Phi) is 8.33. The maximum Gasteiger partial charge on any atom is 0.223 e. The standard InChI is InChI=1S/C11H24N2O2/c1-4-7-13(8-5-2)9-6-11(15)12-10(3)14/h10,14H,4-9H2,1-3H3,(H,12,15). The van der Waals surface area contributed by atoms with Gasteiger partial charge in [-0.05, 0) is 32.9 Å². The lowest BCUT2D eigenvalue weighted by Crippen LogP contribution is -2.35. The molecule has 0 aliphatic rings. The third kappa shape index (κ3) is 8.39. The summed E-state index contributed by atoms with van der Waals surface area (Å²) >= 11 is 0. The molecule has 0 rings (SSSR count).